The summed E-state index contributed by atoms with van der Waals surface area (Å²) in [5.74, 6) is -2.12. The van der Waals surface area contributed by atoms with E-state index in [2.05, 4.69) is 15.3 Å². The number of aromatic carboxylic acids is 1. The average molecular weight is 421 g/mol. The number of carboxylic acid groups (broad SMARTS) is 1. The van der Waals surface area contributed by atoms with Crippen LogP contribution < -0.4 is 10.1 Å². The van der Waals surface area contributed by atoms with E-state index in [0.29, 0.717) is 11.2 Å². The van der Waals surface area contributed by atoms with Crippen LogP contribution in [-0.2, 0) is 0 Å². The summed E-state index contributed by atoms with van der Waals surface area (Å²) in [6, 6.07) is 12.7. The molecule has 0 amide bonds. The molecule has 4 rings (SSSR count). The number of anilines is 1. The molecule has 4 aromatic rings. The van der Waals surface area contributed by atoms with Crippen LogP contribution in [0.25, 0.3) is 10.8 Å². The molecule has 0 saturated heterocycles. The van der Waals surface area contributed by atoms with E-state index in [1.807, 2.05) is 6.92 Å². The van der Waals surface area contributed by atoms with E-state index >= 15 is 0 Å². The molecule has 0 aliphatic rings. The highest BCUT2D eigenvalue weighted by Crippen LogP contribution is 2.34. The molecule has 0 radical (unpaired) electrons. The van der Waals surface area contributed by atoms with Crippen LogP contribution in [-0.4, -0.2) is 21.0 Å². The fraction of sp³-hybridized carbons (Fsp3) is 0.0870. The molecule has 6 nitrogen and oxygen atoms in total. The van der Waals surface area contributed by atoms with Gasteiger partial charge in [-0.25, -0.2) is 23.5 Å². The molecule has 1 atom stereocenters. The van der Waals surface area contributed by atoms with Gasteiger partial charge in [-0.3, -0.25) is 0 Å². The van der Waals surface area contributed by atoms with E-state index < -0.39 is 17.6 Å². The van der Waals surface area contributed by atoms with Crippen molar-refractivity contribution < 1.29 is 23.4 Å². The first-order valence-electron chi connectivity index (χ1n) is 9.39. The maximum absolute atomic E-state index is 14.1. The van der Waals surface area contributed by atoms with E-state index in [1.165, 1.54) is 18.3 Å². The van der Waals surface area contributed by atoms with Gasteiger partial charge < -0.3 is 15.2 Å². The van der Waals surface area contributed by atoms with Gasteiger partial charge in [0.1, 0.15) is 11.6 Å². The maximum Gasteiger partial charge on any atom is 0.335 e. The molecule has 2 aromatic carbocycles. The largest absolute Gasteiger partial charge is 0.478 e. The fourth-order valence-corrected chi connectivity index (χ4v) is 3.14. The van der Waals surface area contributed by atoms with E-state index in [-0.39, 0.29) is 23.2 Å². The molecule has 0 spiro atoms. The van der Waals surface area contributed by atoms with Crippen LogP contribution in [0.5, 0.6) is 11.6 Å². The Morgan fingerprint density at radius 3 is 2.45 bits per heavy atom. The van der Waals surface area contributed by atoms with Crippen molar-refractivity contribution in [3.05, 3.63) is 89.8 Å². The van der Waals surface area contributed by atoms with E-state index in [4.69, 9.17) is 9.84 Å². The van der Waals surface area contributed by atoms with Crippen LogP contribution in [0.3, 0.4) is 0 Å². The molecule has 156 valence electrons. The van der Waals surface area contributed by atoms with Crippen LogP contribution in [0.2, 0.25) is 0 Å². The second-order valence-corrected chi connectivity index (χ2v) is 6.84. The average Bonchev–Trinajstić information content (AvgIpc) is 2.76. The third kappa shape index (κ3) is 4.28. The van der Waals surface area contributed by atoms with Gasteiger partial charge in [-0.05, 0) is 54.3 Å². The lowest BCUT2D eigenvalue weighted by Crippen LogP contribution is -2.09. The van der Waals surface area contributed by atoms with Crippen LogP contribution in [0, 0.1) is 11.6 Å². The summed E-state index contributed by atoms with van der Waals surface area (Å²) in [4.78, 5) is 19.6. The molecule has 2 N–H and O–H groups in total. The van der Waals surface area contributed by atoms with Gasteiger partial charge in [0.15, 0.2) is 11.6 Å². The predicted molar refractivity (Wildman–Crippen MR) is 111 cm³/mol. The number of hydrogen-bond acceptors (Lipinski definition) is 5. The molecule has 2 aromatic heterocycles. The second kappa shape index (κ2) is 8.35. The van der Waals surface area contributed by atoms with E-state index in [9.17, 15) is 13.6 Å². The topological polar surface area (TPSA) is 84.3 Å². The summed E-state index contributed by atoms with van der Waals surface area (Å²) >= 11 is 0. The van der Waals surface area contributed by atoms with Crippen molar-refractivity contribution in [2.24, 2.45) is 0 Å². The molecular formula is C23H17F2N3O3. The zero-order valence-corrected chi connectivity index (χ0v) is 16.3. The molecule has 0 unspecified atom stereocenters. The molecule has 8 heteroatoms. The minimum atomic E-state index is -1.000. The number of aromatic nitrogens is 2. The number of hydrogen-bond donors (Lipinski definition) is 2. The number of fused-ring (bicyclic) bond motifs is 1. The highest BCUT2D eigenvalue weighted by Gasteiger charge is 2.16. The third-order valence-electron chi connectivity index (χ3n) is 4.75. The summed E-state index contributed by atoms with van der Waals surface area (Å²) < 4.78 is 33.2. The first kappa shape index (κ1) is 20.2. The number of benzene rings is 2. The normalized spacial score (nSPS) is 11.8. The Kier molecular flexibility index (Phi) is 5.44. The van der Waals surface area contributed by atoms with Crippen molar-refractivity contribution in [2.45, 2.75) is 13.0 Å². The van der Waals surface area contributed by atoms with Gasteiger partial charge in [-0.15, -0.1) is 0 Å². The Balaban J connectivity index is 1.69. The quantitative estimate of drug-likeness (QED) is 0.423. The van der Waals surface area contributed by atoms with Crippen molar-refractivity contribution in [3.63, 3.8) is 0 Å². The van der Waals surface area contributed by atoms with Gasteiger partial charge in [0, 0.05) is 24.5 Å². The lowest BCUT2D eigenvalue weighted by atomic mass is 10.1. The summed E-state index contributed by atoms with van der Waals surface area (Å²) in [5, 5.41) is 13.6. The van der Waals surface area contributed by atoms with Crippen molar-refractivity contribution in [2.75, 3.05) is 5.32 Å². The number of carbonyl (C=O) groups is 1. The number of halogens is 2. The van der Waals surface area contributed by atoms with Crippen LogP contribution in [0.1, 0.15) is 28.9 Å². The van der Waals surface area contributed by atoms with Gasteiger partial charge in [-0.1, -0.05) is 12.1 Å². The van der Waals surface area contributed by atoms with Crippen molar-refractivity contribution in [1.29, 1.82) is 0 Å². The number of carboxylic acids is 1. The van der Waals surface area contributed by atoms with Crippen LogP contribution >= 0.6 is 0 Å². The molecule has 0 fully saturated rings. The SMILES string of the molecule is C[C@H](Nc1nccc2ccnc(Oc3cc(F)ccc3F)c12)c1ccc(C(=O)O)cc1. The summed E-state index contributed by atoms with van der Waals surface area (Å²) in [5.41, 5.74) is 1.03. The van der Waals surface area contributed by atoms with Gasteiger partial charge in [0.05, 0.1) is 10.9 Å². The molecular weight excluding hydrogens is 404 g/mol. The zero-order chi connectivity index (χ0) is 22.0. The first-order valence-corrected chi connectivity index (χ1v) is 9.39. The smallest absolute Gasteiger partial charge is 0.335 e. The second-order valence-electron chi connectivity index (χ2n) is 6.84. The Morgan fingerprint density at radius 2 is 1.74 bits per heavy atom. The standard InChI is InChI=1S/C23H17F2N3O3/c1-13(14-2-4-16(5-3-14)23(29)30)28-21-20-15(8-10-26-21)9-11-27-22(20)31-19-12-17(24)6-7-18(19)25/h2-13H,1H3,(H,26,28)(H,29,30)/t13-/m0/s1. The van der Waals surface area contributed by atoms with Gasteiger partial charge in [-0.2, -0.15) is 0 Å². The molecule has 0 aliphatic heterocycles. The lowest BCUT2D eigenvalue weighted by molar-refractivity contribution is 0.0697. The predicted octanol–water partition coefficient (Wildman–Crippen LogP) is 5.57. The van der Waals surface area contributed by atoms with Crippen LogP contribution in [0.4, 0.5) is 14.6 Å². The lowest BCUT2D eigenvalue weighted by Gasteiger charge is -2.18. The maximum atomic E-state index is 14.1. The van der Waals surface area contributed by atoms with Gasteiger partial charge in [0.2, 0.25) is 5.88 Å². The third-order valence-corrected chi connectivity index (χ3v) is 4.75. The molecule has 2 heterocycles. The monoisotopic (exact) mass is 421 g/mol. The Hall–Kier alpha value is -4.07. The highest BCUT2D eigenvalue weighted by molar-refractivity contribution is 5.96. The van der Waals surface area contributed by atoms with Gasteiger partial charge in [0.25, 0.3) is 0 Å². The van der Waals surface area contributed by atoms with Crippen molar-refractivity contribution in [1.82, 2.24) is 9.97 Å². The highest BCUT2D eigenvalue weighted by atomic mass is 19.1. The number of rotatable bonds is 6. The summed E-state index contributed by atoms with van der Waals surface area (Å²) in [7, 11) is 0. The zero-order valence-electron chi connectivity index (χ0n) is 16.3. The van der Waals surface area contributed by atoms with Crippen molar-refractivity contribution in [3.8, 4) is 11.6 Å². The first-order chi connectivity index (χ1) is 14.9. The summed E-state index contributed by atoms with van der Waals surface area (Å²) in [6.07, 6.45) is 3.12. The minimum Gasteiger partial charge on any atom is -0.478 e. The van der Waals surface area contributed by atoms with E-state index in [0.717, 1.165) is 29.1 Å². The fourth-order valence-electron chi connectivity index (χ4n) is 3.14. The number of pyridine rings is 2. The van der Waals surface area contributed by atoms with E-state index in [1.54, 1.807) is 30.5 Å². The molecule has 0 bridgehead atoms. The number of ether oxygens (including phenoxy) is 1. The summed E-state index contributed by atoms with van der Waals surface area (Å²) in [6.45, 7) is 1.89. The minimum absolute atomic E-state index is 0.0750. The Bertz CT molecular complexity index is 1260. The molecule has 31 heavy (non-hydrogen) atoms. The molecule has 0 aliphatic carbocycles. The Morgan fingerprint density at radius 1 is 1.03 bits per heavy atom. The number of nitrogens with zero attached hydrogens (tertiary/aromatic N) is 2. The van der Waals surface area contributed by atoms with Crippen LogP contribution in [0.15, 0.2) is 67.0 Å². The Labute approximate surface area is 176 Å². The number of nitrogens with one attached hydrogen (secondary N) is 1. The van der Waals surface area contributed by atoms with Gasteiger partial charge >= 0.3 is 5.97 Å². The molecule has 0 saturated carbocycles. The van der Waals surface area contributed by atoms with Crippen molar-refractivity contribution >= 4 is 22.6 Å².